The minimum Gasteiger partial charge on any atom is -0.482 e. The summed E-state index contributed by atoms with van der Waals surface area (Å²) >= 11 is 0. The molecule has 4 aliphatic rings. The van der Waals surface area contributed by atoms with Gasteiger partial charge in [0.2, 0.25) is 5.91 Å². The number of hydrogen-bond acceptors (Lipinski definition) is 7. The third-order valence-electron chi connectivity index (χ3n) is 9.35. The number of para-hydroxylation sites is 2. The molecule has 2 aromatic carbocycles. The zero-order valence-corrected chi connectivity index (χ0v) is 24.9. The van der Waals surface area contributed by atoms with Gasteiger partial charge in [0.05, 0.1) is 36.5 Å². The zero-order valence-electron chi connectivity index (χ0n) is 23.9. The van der Waals surface area contributed by atoms with Crippen LogP contribution in [0, 0.1) is 5.92 Å². The summed E-state index contributed by atoms with van der Waals surface area (Å²) < 4.78 is 12.4. The second kappa shape index (κ2) is 9.94. The molecule has 2 N–H and O–H groups in total. The maximum Gasteiger partial charge on any atom is 0.269 e. The first-order chi connectivity index (χ1) is 19.5. The van der Waals surface area contributed by atoms with E-state index in [0.29, 0.717) is 34.9 Å². The largest absolute Gasteiger partial charge is 0.482 e. The number of aliphatic hydroxyl groups is 1. The van der Waals surface area contributed by atoms with Crippen molar-refractivity contribution in [2.45, 2.75) is 62.6 Å². The van der Waals surface area contributed by atoms with E-state index in [4.69, 9.17) is 9.47 Å². The van der Waals surface area contributed by atoms with E-state index >= 15 is 0 Å². The average molecular weight is 580 g/mol. The lowest BCUT2D eigenvalue weighted by molar-refractivity contribution is -0.149. The Balaban J connectivity index is 1.42. The number of carbonyl (C=O) groups is 3. The van der Waals surface area contributed by atoms with Crippen LogP contribution >= 0.6 is 0 Å². The molecule has 0 saturated carbocycles. The van der Waals surface area contributed by atoms with Gasteiger partial charge in [-0.15, -0.1) is 0 Å². The molecule has 41 heavy (non-hydrogen) atoms. The molecule has 11 heteroatoms. The molecular formula is C30H37N3O7Si. The summed E-state index contributed by atoms with van der Waals surface area (Å²) in [5.41, 5.74) is 0.674. The van der Waals surface area contributed by atoms with Gasteiger partial charge in [-0.25, -0.2) is 0 Å². The highest BCUT2D eigenvalue weighted by molar-refractivity contribution is 6.71. The van der Waals surface area contributed by atoms with Crippen molar-refractivity contribution in [2.24, 2.45) is 5.92 Å². The Kier molecular flexibility index (Phi) is 6.76. The molecule has 218 valence electrons. The van der Waals surface area contributed by atoms with Crippen molar-refractivity contribution in [1.29, 1.82) is 0 Å². The first-order valence-corrected chi connectivity index (χ1v) is 17.3. The topological polar surface area (TPSA) is 120 Å². The predicted molar refractivity (Wildman–Crippen MR) is 155 cm³/mol. The highest BCUT2D eigenvalue weighted by atomic mass is 28.4. The van der Waals surface area contributed by atoms with Crippen LogP contribution in [-0.2, 0) is 24.7 Å². The van der Waals surface area contributed by atoms with Crippen LogP contribution in [-0.4, -0.2) is 79.8 Å². The van der Waals surface area contributed by atoms with Crippen LogP contribution < -0.4 is 14.5 Å². The van der Waals surface area contributed by atoms with Gasteiger partial charge in [0.25, 0.3) is 11.8 Å². The van der Waals surface area contributed by atoms with Crippen LogP contribution in [0.1, 0.15) is 31.7 Å². The molecular weight excluding hydrogens is 542 g/mol. The maximum atomic E-state index is 14.1. The third kappa shape index (κ3) is 4.20. The first kappa shape index (κ1) is 27.9. The van der Waals surface area contributed by atoms with E-state index in [2.05, 4.69) is 0 Å². The van der Waals surface area contributed by atoms with Crippen LogP contribution in [0.25, 0.3) is 0 Å². The van der Waals surface area contributed by atoms with Crippen molar-refractivity contribution in [3.05, 3.63) is 48.0 Å². The molecule has 0 aliphatic carbocycles. The molecule has 4 aliphatic heterocycles. The first-order valence-electron chi connectivity index (χ1n) is 14.3. The number of likely N-dealkylation sites (N-methyl/N-ethyl adjacent to an activating group) is 1. The van der Waals surface area contributed by atoms with E-state index in [9.17, 15) is 24.3 Å². The normalized spacial score (nSPS) is 29.3. The number of fused-ring (bicyclic) bond motifs is 3. The molecule has 4 heterocycles. The van der Waals surface area contributed by atoms with Crippen LogP contribution in [0.2, 0.25) is 18.6 Å². The van der Waals surface area contributed by atoms with Crippen molar-refractivity contribution in [3.63, 3.8) is 0 Å². The van der Waals surface area contributed by atoms with Gasteiger partial charge in [0, 0.05) is 36.3 Å². The van der Waals surface area contributed by atoms with Crippen molar-refractivity contribution in [3.8, 4) is 5.75 Å². The number of benzene rings is 2. The van der Waals surface area contributed by atoms with Gasteiger partial charge in [-0.3, -0.25) is 19.3 Å². The molecule has 0 radical (unpaired) electrons. The predicted octanol–water partition coefficient (Wildman–Crippen LogP) is 2.89. The highest BCUT2D eigenvalue weighted by Crippen LogP contribution is 2.60. The number of aliphatic hydroxyl groups excluding tert-OH is 1. The van der Waals surface area contributed by atoms with Gasteiger partial charge < -0.3 is 29.2 Å². The summed E-state index contributed by atoms with van der Waals surface area (Å²) in [5, 5.41) is 9.78. The number of rotatable bonds is 5. The molecule has 3 amide bonds. The van der Waals surface area contributed by atoms with Crippen molar-refractivity contribution < 1.29 is 33.8 Å². The van der Waals surface area contributed by atoms with Crippen LogP contribution in [0.5, 0.6) is 5.75 Å². The number of nitrogens with zero attached hydrogens (tertiary/aromatic N) is 3. The van der Waals surface area contributed by atoms with E-state index in [0.717, 1.165) is 12.8 Å². The Labute approximate surface area is 240 Å². The fraction of sp³-hybridized carbons (Fsp3) is 0.500. The Hall–Kier alpha value is -3.25. The standard InChI is InChI=1S/C30H37N3O7Si/c1-18-28(41(3,4)38)25(15-26(35)32-13-7-8-20(32)16-34)40-30(18)21-14-19(11-12-22(21)31(2)29(30)37)33-23-9-5-6-10-24(23)39-17-27(33)36/h5-6,9-12,14,18,20,25,28,34,38H,7-8,13,15-17H2,1-4H3/t18-,20-,25+,28-,30+/m0/s1. The molecule has 2 fully saturated rings. The fourth-order valence-corrected chi connectivity index (χ4v) is 10.1. The summed E-state index contributed by atoms with van der Waals surface area (Å²) in [6.45, 7) is 5.95. The maximum absolute atomic E-state index is 14.1. The zero-order chi connectivity index (χ0) is 29.3. The average Bonchev–Trinajstić information content (AvgIpc) is 3.59. The van der Waals surface area contributed by atoms with E-state index < -0.39 is 31.5 Å². The lowest BCUT2D eigenvalue weighted by atomic mass is 9.82. The monoisotopic (exact) mass is 579 g/mol. The van der Waals surface area contributed by atoms with Gasteiger partial charge in [-0.2, -0.15) is 0 Å². The van der Waals surface area contributed by atoms with Crippen molar-refractivity contribution in [1.82, 2.24) is 4.90 Å². The number of hydrogen-bond donors (Lipinski definition) is 2. The summed E-state index contributed by atoms with van der Waals surface area (Å²) in [4.78, 5) is 57.0. The number of ether oxygens (including phenoxy) is 2. The number of amides is 3. The smallest absolute Gasteiger partial charge is 0.269 e. The molecule has 10 nitrogen and oxygen atoms in total. The summed E-state index contributed by atoms with van der Waals surface area (Å²) in [6, 6.07) is 12.6. The van der Waals surface area contributed by atoms with Gasteiger partial charge in [0.15, 0.2) is 20.5 Å². The quantitative estimate of drug-likeness (QED) is 0.523. The molecule has 2 aromatic rings. The second-order valence-electron chi connectivity index (χ2n) is 12.2. The highest BCUT2D eigenvalue weighted by Gasteiger charge is 2.66. The SMILES string of the molecule is C[C@H]1[C@H]([Si](C)(C)O)[C@@H](CC(=O)N2CCC[C@H]2CO)O[C@]12C(=O)N(C)c1ccc(N3C(=O)COc4ccccc43)cc12. The van der Waals surface area contributed by atoms with E-state index in [1.54, 1.807) is 21.7 Å². The minimum atomic E-state index is -2.95. The molecule has 0 bridgehead atoms. The number of carbonyl (C=O) groups excluding carboxylic acids is 3. The van der Waals surface area contributed by atoms with Crippen LogP contribution in [0.4, 0.5) is 17.1 Å². The third-order valence-corrected chi connectivity index (χ3v) is 11.8. The number of likely N-dealkylation sites (tertiary alicyclic amines) is 1. The molecule has 0 unspecified atom stereocenters. The molecule has 1 spiro atoms. The lowest BCUT2D eigenvalue weighted by Gasteiger charge is -2.33. The van der Waals surface area contributed by atoms with Gasteiger partial charge >= 0.3 is 0 Å². The number of anilines is 3. The molecule has 2 saturated heterocycles. The summed E-state index contributed by atoms with van der Waals surface area (Å²) in [6.07, 6.45) is 0.920. The molecule has 0 aromatic heterocycles. The van der Waals surface area contributed by atoms with Gasteiger partial charge in [-0.1, -0.05) is 19.1 Å². The van der Waals surface area contributed by atoms with Crippen LogP contribution in [0.15, 0.2) is 42.5 Å². The van der Waals surface area contributed by atoms with Crippen LogP contribution in [0.3, 0.4) is 0 Å². The Morgan fingerprint density at radius 2 is 1.90 bits per heavy atom. The second-order valence-corrected chi connectivity index (χ2v) is 16.2. The lowest BCUT2D eigenvalue weighted by Crippen LogP contribution is -2.45. The summed E-state index contributed by atoms with van der Waals surface area (Å²) in [5.74, 6) is -0.458. The van der Waals surface area contributed by atoms with Gasteiger partial charge in [-0.05, 0) is 56.3 Å². The Morgan fingerprint density at radius 1 is 1.15 bits per heavy atom. The Morgan fingerprint density at radius 3 is 2.63 bits per heavy atom. The Bertz CT molecular complexity index is 1410. The fourth-order valence-electron chi connectivity index (χ4n) is 7.54. The molecule has 5 atom stereocenters. The van der Waals surface area contributed by atoms with Gasteiger partial charge in [0.1, 0.15) is 5.75 Å². The van der Waals surface area contributed by atoms with E-state index in [-0.39, 0.29) is 43.4 Å². The molecule has 6 rings (SSSR count). The van der Waals surface area contributed by atoms with Crippen molar-refractivity contribution in [2.75, 3.05) is 36.6 Å². The van der Waals surface area contributed by atoms with E-state index in [1.165, 1.54) is 0 Å². The van der Waals surface area contributed by atoms with E-state index in [1.807, 2.05) is 62.5 Å². The summed E-state index contributed by atoms with van der Waals surface area (Å²) in [7, 11) is -1.25. The minimum absolute atomic E-state index is 0.0194. The van der Waals surface area contributed by atoms with Crippen molar-refractivity contribution >= 4 is 43.1 Å².